The van der Waals surface area contributed by atoms with E-state index in [1.54, 1.807) is 18.2 Å². The molecule has 0 fully saturated rings. The quantitative estimate of drug-likeness (QED) is 0.840. The van der Waals surface area contributed by atoms with E-state index in [-0.39, 0.29) is 23.5 Å². The average molecular weight is 337 g/mol. The van der Waals surface area contributed by atoms with Gasteiger partial charge in [-0.2, -0.15) is 13.9 Å². The predicted octanol–water partition coefficient (Wildman–Crippen LogP) is 2.18. The van der Waals surface area contributed by atoms with Gasteiger partial charge in [-0.3, -0.25) is 9.59 Å². The zero-order valence-corrected chi connectivity index (χ0v) is 13.0. The normalized spacial score (nSPS) is 10.7. The Morgan fingerprint density at radius 1 is 1.29 bits per heavy atom. The van der Waals surface area contributed by atoms with Crippen LogP contribution in [0.1, 0.15) is 29.4 Å². The van der Waals surface area contributed by atoms with Gasteiger partial charge in [0.1, 0.15) is 11.4 Å². The van der Waals surface area contributed by atoms with E-state index in [0.29, 0.717) is 18.5 Å². The number of alkyl halides is 2. The Morgan fingerprint density at radius 2 is 2.04 bits per heavy atom. The molecule has 6 nitrogen and oxygen atoms in total. The van der Waals surface area contributed by atoms with Gasteiger partial charge in [-0.1, -0.05) is 25.1 Å². The Bertz CT molecular complexity index is 762. The summed E-state index contributed by atoms with van der Waals surface area (Å²) in [5, 5.41) is 6.56. The molecule has 0 spiro atoms. The van der Waals surface area contributed by atoms with E-state index in [1.807, 2.05) is 6.92 Å². The van der Waals surface area contributed by atoms with Gasteiger partial charge >= 0.3 is 6.61 Å². The number of ether oxygens (including phenoxy) is 1. The molecule has 0 unspecified atom stereocenters. The van der Waals surface area contributed by atoms with Crippen LogP contribution in [0.3, 0.4) is 0 Å². The highest BCUT2D eigenvalue weighted by atomic mass is 19.3. The van der Waals surface area contributed by atoms with Crippen molar-refractivity contribution >= 4 is 5.91 Å². The molecule has 0 radical (unpaired) electrons. The predicted molar refractivity (Wildman–Crippen MR) is 83.0 cm³/mol. The minimum absolute atomic E-state index is 0.00304. The summed E-state index contributed by atoms with van der Waals surface area (Å²) in [6.07, 6.45) is 0.705. The first-order chi connectivity index (χ1) is 11.5. The fourth-order valence-electron chi connectivity index (χ4n) is 2.07. The van der Waals surface area contributed by atoms with Crippen LogP contribution in [0.5, 0.6) is 5.75 Å². The van der Waals surface area contributed by atoms with Crippen molar-refractivity contribution in [3.63, 3.8) is 0 Å². The molecule has 2 aromatic rings. The van der Waals surface area contributed by atoms with Gasteiger partial charge in [0.05, 0.1) is 0 Å². The number of halogens is 2. The number of aromatic nitrogens is 2. The molecule has 1 heterocycles. The summed E-state index contributed by atoms with van der Waals surface area (Å²) in [5.41, 5.74) is 0.201. The van der Waals surface area contributed by atoms with Crippen LogP contribution in [0, 0.1) is 0 Å². The van der Waals surface area contributed by atoms with Crippen LogP contribution >= 0.6 is 0 Å². The zero-order valence-electron chi connectivity index (χ0n) is 13.0. The molecule has 0 saturated carbocycles. The molecule has 8 heteroatoms. The van der Waals surface area contributed by atoms with Crippen molar-refractivity contribution in [2.75, 3.05) is 0 Å². The van der Waals surface area contributed by atoms with Crippen molar-refractivity contribution in [1.82, 2.24) is 15.1 Å². The number of amides is 1. The molecule has 128 valence electrons. The first-order valence-electron chi connectivity index (χ1n) is 7.40. The van der Waals surface area contributed by atoms with Crippen molar-refractivity contribution < 1.29 is 18.3 Å². The molecule has 0 atom stereocenters. The van der Waals surface area contributed by atoms with Gasteiger partial charge < -0.3 is 10.1 Å². The number of hydrogen-bond donors (Lipinski definition) is 1. The number of benzene rings is 1. The molecule has 1 amide bonds. The van der Waals surface area contributed by atoms with E-state index in [4.69, 9.17) is 0 Å². The standard InChI is InChI=1S/C16H17F2N3O3/c1-2-9-21-14(22)8-7-12(20-21)15(23)19-10-11-5-3-4-6-13(11)24-16(17)18/h3-8,16H,2,9-10H2,1H3,(H,19,23). The minimum Gasteiger partial charge on any atom is -0.434 e. The highest BCUT2D eigenvalue weighted by Gasteiger charge is 2.12. The summed E-state index contributed by atoms with van der Waals surface area (Å²) >= 11 is 0. The van der Waals surface area contributed by atoms with Crippen molar-refractivity contribution in [2.24, 2.45) is 0 Å². The first-order valence-corrected chi connectivity index (χ1v) is 7.40. The molecule has 1 aromatic heterocycles. The molecule has 1 N–H and O–H groups in total. The second kappa shape index (κ2) is 8.19. The molecular weight excluding hydrogens is 320 g/mol. The third kappa shape index (κ3) is 4.61. The summed E-state index contributed by atoms with van der Waals surface area (Å²) in [6, 6.07) is 8.78. The second-order valence-electron chi connectivity index (χ2n) is 4.95. The average Bonchev–Trinajstić information content (AvgIpc) is 2.55. The Labute approximate surface area is 137 Å². The van der Waals surface area contributed by atoms with Crippen molar-refractivity contribution in [1.29, 1.82) is 0 Å². The first kappa shape index (κ1) is 17.6. The summed E-state index contributed by atoms with van der Waals surface area (Å²) in [5.74, 6) is -0.511. The SMILES string of the molecule is CCCn1nc(C(=O)NCc2ccccc2OC(F)F)ccc1=O. The molecule has 1 aromatic carbocycles. The van der Waals surface area contributed by atoms with E-state index in [1.165, 1.54) is 22.9 Å². The van der Waals surface area contributed by atoms with Crippen LogP contribution in [-0.2, 0) is 13.1 Å². The maximum atomic E-state index is 12.4. The molecule has 0 aliphatic rings. The van der Waals surface area contributed by atoms with Crippen molar-refractivity contribution in [2.45, 2.75) is 33.0 Å². The Hall–Kier alpha value is -2.77. The summed E-state index contributed by atoms with van der Waals surface area (Å²) in [4.78, 5) is 23.7. The highest BCUT2D eigenvalue weighted by Crippen LogP contribution is 2.19. The number of hydrogen-bond acceptors (Lipinski definition) is 4. The maximum absolute atomic E-state index is 12.4. The van der Waals surface area contributed by atoms with Gasteiger partial charge in [0, 0.05) is 24.7 Å². The van der Waals surface area contributed by atoms with Gasteiger partial charge in [-0.25, -0.2) is 4.68 Å². The monoisotopic (exact) mass is 337 g/mol. The van der Waals surface area contributed by atoms with Crippen LogP contribution in [0.2, 0.25) is 0 Å². The minimum atomic E-state index is -2.94. The lowest BCUT2D eigenvalue weighted by Crippen LogP contribution is -2.29. The van der Waals surface area contributed by atoms with Gasteiger partial charge in [0.2, 0.25) is 0 Å². The molecule has 0 aliphatic carbocycles. The maximum Gasteiger partial charge on any atom is 0.387 e. The molecule has 24 heavy (non-hydrogen) atoms. The molecule has 2 rings (SSSR count). The van der Waals surface area contributed by atoms with E-state index in [9.17, 15) is 18.4 Å². The molecule has 0 saturated heterocycles. The Balaban J connectivity index is 2.09. The highest BCUT2D eigenvalue weighted by molar-refractivity contribution is 5.91. The Morgan fingerprint density at radius 3 is 2.75 bits per heavy atom. The lowest BCUT2D eigenvalue weighted by atomic mass is 10.2. The number of nitrogens with one attached hydrogen (secondary N) is 1. The number of para-hydroxylation sites is 1. The topological polar surface area (TPSA) is 73.2 Å². The van der Waals surface area contributed by atoms with Gasteiger partial charge in [0.25, 0.3) is 11.5 Å². The number of nitrogens with zero attached hydrogens (tertiary/aromatic N) is 2. The number of carbonyl (C=O) groups is 1. The largest absolute Gasteiger partial charge is 0.434 e. The van der Waals surface area contributed by atoms with Gasteiger partial charge in [-0.05, 0) is 18.6 Å². The van der Waals surface area contributed by atoms with Crippen LogP contribution in [0.25, 0.3) is 0 Å². The van der Waals surface area contributed by atoms with Gasteiger partial charge in [0.15, 0.2) is 0 Å². The lowest BCUT2D eigenvalue weighted by molar-refractivity contribution is -0.0504. The van der Waals surface area contributed by atoms with E-state index < -0.39 is 12.5 Å². The zero-order chi connectivity index (χ0) is 17.5. The molecule has 0 bridgehead atoms. The van der Waals surface area contributed by atoms with E-state index >= 15 is 0 Å². The van der Waals surface area contributed by atoms with Crippen molar-refractivity contribution in [3.8, 4) is 5.75 Å². The van der Waals surface area contributed by atoms with Crippen LogP contribution in [0.15, 0.2) is 41.2 Å². The van der Waals surface area contributed by atoms with E-state index in [2.05, 4.69) is 15.2 Å². The third-order valence-electron chi connectivity index (χ3n) is 3.16. The smallest absolute Gasteiger partial charge is 0.387 e. The van der Waals surface area contributed by atoms with Crippen LogP contribution in [0.4, 0.5) is 8.78 Å². The number of aryl methyl sites for hydroxylation is 1. The van der Waals surface area contributed by atoms with E-state index in [0.717, 1.165) is 0 Å². The number of rotatable bonds is 7. The molecule has 0 aliphatic heterocycles. The lowest BCUT2D eigenvalue weighted by Gasteiger charge is -2.11. The van der Waals surface area contributed by atoms with Crippen LogP contribution < -0.4 is 15.6 Å². The second-order valence-corrected chi connectivity index (χ2v) is 4.95. The fraction of sp³-hybridized carbons (Fsp3) is 0.312. The molecular formula is C16H17F2N3O3. The summed E-state index contributed by atoms with van der Waals surface area (Å²) < 4.78 is 30.3. The Kier molecular flexibility index (Phi) is 6.00. The summed E-state index contributed by atoms with van der Waals surface area (Å²) in [7, 11) is 0. The summed E-state index contributed by atoms with van der Waals surface area (Å²) in [6.45, 7) is -0.650. The third-order valence-corrected chi connectivity index (χ3v) is 3.16. The van der Waals surface area contributed by atoms with Crippen molar-refractivity contribution in [3.05, 3.63) is 58.0 Å². The fourth-order valence-corrected chi connectivity index (χ4v) is 2.07. The van der Waals surface area contributed by atoms with Gasteiger partial charge in [-0.15, -0.1) is 0 Å². The number of carbonyl (C=O) groups excluding carboxylic acids is 1. The van der Waals surface area contributed by atoms with Crippen LogP contribution in [-0.4, -0.2) is 22.3 Å².